The summed E-state index contributed by atoms with van der Waals surface area (Å²) < 4.78 is 28.0. The van der Waals surface area contributed by atoms with Gasteiger partial charge >= 0.3 is 0 Å². The van der Waals surface area contributed by atoms with E-state index < -0.39 is 16.1 Å². The van der Waals surface area contributed by atoms with E-state index >= 15 is 0 Å². The number of amides is 1. The zero-order chi connectivity index (χ0) is 15.3. The van der Waals surface area contributed by atoms with Crippen LogP contribution in [-0.4, -0.2) is 36.7 Å². The van der Waals surface area contributed by atoms with E-state index in [1.165, 1.54) is 17.8 Å². The van der Waals surface area contributed by atoms with Gasteiger partial charge in [-0.2, -0.15) is 9.82 Å². The number of aromatic nitrogens is 2. The summed E-state index contributed by atoms with van der Waals surface area (Å²) in [6, 6.07) is -0.879. The first-order valence-electron chi connectivity index (χ1n) is 6.44. The molecule has 0 aliphatic rings. The third-order valence-corrected chi connectivity index (χ3v) is 4.20. The number of hydrogen-bond acceptors (Lipinski definition) is 5. The molecular weight excluding hydrogens is 282 g/mol. The molecule has 8 nitrogen and oxygen atoms in total. The van der Waals surface area contributed by atoms with Crippen molar-refractivity contribution in [2.75, 3.05) is 12.3 Å². The van der Waals surface area contributed by atoms with Crippen LogP contribution in [0.3, 0.4) is 0 Å². The van der Waals surface area contributed by atoms with E-state index in [2.05, 4.69) is 15.1 Å². The highest BCUT2D eigenvalue weighted by Gasteiger charge is 2.25. The SMILES string of the molecule is CCCNC(=O)C(C)NS(=O)(=O)c1cn(CC)nc1N. The molecular formula is C11H21N5O3S. The van der Waals surface area contributed by atoms with Gasteiger partial charge in [0, 0.05) is 19.3 Å². The van der Waals surface area contributed by atoms with E-state index in [0.717, 1.165) is 6.42 Å². The van der Waals surface area contributed by atoms with Crippen LogP contribution in [0.25, 0.3) is 0 Å². The molecule has 0 bridgehead atoms. The fourth-order valence-electron chi connectivity index (χ4n) is 1.54. The maximum absolute atomic E-state index is 12.1. The summed E-state index contributed by atoms with van der Waals surface area (Å²) in [5.41, 5.74) is 5.58. The molecule has 0 fully saturated rings. The van der Waals surface area contributed by atoms with E-state index in [1.807, 2.05) is 13.8 Å². The second-order valence-corrected chi connectivity index (χ2v) is 6.05. The molecule has 9 heteroatoms. The van der Waals surface area contributed by atoms with E-state index in [4.69, 9.17) is 5.73 Å². The predicted molar refractivity (Wildman–Crippen MR) is 75.4 cm³/mol. The number of sulfonamides is 1. The minimum absolute atomic E-state index is 0.0829. The van der Waals surface area contributed by atoms with E-state index in [9.17, 15) is 13.2 Å². The van der Waals surface area contributed by atoms with Crippen molar-refractivity contribution in [2.24, 2.45) is 0 Å². The van der Waals surface area contributed by atoms with Crippen molar-refractivity contribution >= 4 is 21.7 Å². The van der Waals surface area contributed by atoms with Crippen LogP contribution in [0.15, 0.2) is 11.1 Å². The molecule has 0 aromatic carbocycles. The van der Waals surface area contributed by atoms with Crippen LogP contribution in [0.2, 0.25) is 0 Å². The van der Waals surface area contributed by atoms with Gasteiger partial charge in [-0.1, -0.05) is 6.92 Å². The van der Waals surface area contributed by atoms with Gasteiger partial charge in [0.15, 0.2) is 5.82 Å². The highest BCUT2D eigenvalue weighted by atomic mass is 32.2. The quantitative estimate of drug-likeness (QED) is 0.637. The minimum atomic E-state index is -3.87. The Bertz CT molecular complexity index is 567. The molecule has 0 aliphatic carbocycles. The van der Waals surface area contributed by atoms with Crippen LogP contribution >= 0.6 is 0 Å². The smallest absolute Gasteiger partial charge is 0.246 e. The number of nitrogens with zero attached hydrogens (tertiary/aromatic N) is 2. The summed E-state index contributed by atoms with van der Waals surface area (Å²) in [6.07, 6.45) is 2.12. The maximum Gasteiger partial charge on any atom is 0.246 e. The molecule has 1 heterocycles. The first-order chi connectivity index (χ1) is 9.31. The average Bonchev–Trinajstić information content (AvgIpc) is 2.77. The number of nitrogens with one attached hydrogen (secondary N) is 2. The molecule has 1 unspecified atom stereocenters. The number of nitrogen functional groups attached to an aromatic ring is 1. The van der Waals surface area contributed by atoms with Crippen molar-refractivity contribution in [3.63, 3.8) is 0 Å². The van der Waals surface area contributed by atoms with Gasteiger partial charge in [0.05, 0.1) is 6.04 Å². The lowest BCUT2D eigenvalue weighted by Gasteiger charge is -2.13. The number of hydrogen-bond donors (Lipinski definition) is 3. The standard InChI is InChI=1S/C11H21N5O3S/c1-4-6-13-11(17)8(3)15-20(18,19)9-7-16(5-2)14-10(9)12/h7-8,15H,4-6H2,1-3H3,(H2,12,14)(H,13,17). The monoisotopic (exact) mass is 303 g/mol. The lowest BCUT2D eigenvalue weighted by atomic mass is 10.3. The normalized spacial score (nSPS) is 13.2. The molecule has 20 heavy (non-hydrogen) atoms. The molecule has 0 saturated carbocycles. The summed E-state index contributed by atoms with van der Waals surface area (Å²) in [4.78, 5) is 11.6. The van der Waals surface area contributed by atoms with Crippen molar-refractivity contribution < 1.29 is 13.2 Å². The summed E-state index contributed by atoms with van der Waals surface area (Å²) in [6.45, 7) is 6.21. The van der Waals surface area contributed by atoms with Crippen molar-refractivity contribution in [1.29, 1.82) is 0 Å². The average molecular weight is 303 g/mol. The van der Waals surface area contributed by atoms with Gasteiger partial charge in [-0.05, 0) is 20.3 Å². The fraction of sp³-hybridized carbons (Fsp3) is 0.636. The number of carbonyl (C=O) groups is 1. The minimum Gasteiger partial charge on any atom is -0.381 e. The predicted octanol–water partition coefficient (Wildman–Crippen LogP) is -0.322. The van der Waals surface area contributed by atoms with Crippen molar-refractivity contribution in [3.05, 3.63) is 6.20 Å². The van der Waals surface area contributed by atoms with Gasteiger partial charge in [-0.3, -0.25) is 9.48 Å². The summed E-state index contributed by atoms with van der Waals surface area (Å²) in [5.74, 6) is -0.461. The molecule has 1 aromatic heterocycles. The maximum atomic E-state index is 12.1. The van der Waals surface area contributed by atoms with Crippen LogP contribution in [0.1, 0.15) is 27.2 Å². The molecule has 1 atom stereocenters. The zero-order valence-corrected chi connectivity index (χ0v) is 12.7. The van der Waals surface area contributed by atoms with Crippen molar-refractivity contribution in [3.8, 4) is 0 Å². The number of nitrogens with two attached hydrogens (primary N) is 1. The molecule has 1 rings (SSSR count). The molecule has 1 amide bonds. The number of rotatable bonds is 7. The second kappa shape index (κ2) is 6.71. The van der Waals surface area contributed by atoms with Crippen molar-refractivity contribution in [1.82, 2.24) is 19.8 Å². The summed E-state index contributed by atoms with van der Waals surface area (Å²) >= 11 is 0. The number of aryl methyl sites for hydroxylation is 1. The first-order valence-corrected chi connectivity index (χ1v) is 7.93. The molecule has 0 spiro atoms. The van der Waals surface area contributed by atoms with Crippen LogP contribution in [0, 0.1) is 0 Å². The number of anilines is 1. The Morgan fingerprint density at radius 3 is 2.65 bits per heavy atom. The molecule has 1 aromatic rings. The Morgan fingerprint density at radius 1 is 1.50 bits per heavy atom. The molecule has 114 valence electrons. The van der Waals surface area contributed by atoms with Gasteiger partial charge in [0.25, 0.3) is 0 Å². The molecule has 4 N–H and O–H groups in total. The van der Waals surface area contributed by atoms with Crippen LogP contribution < -0.4 is 15.8 Å². The Morgan fingerprint density at radius 2 is 2.15 bits per heavy atom. The van der Waals surface area contributed by atoms with Gasteiger partial charge in [-0.25, -0.2) is 8.42 Å². The molecule has 0 radical (unpaired) electrons. The van der Waals surface area contributed by atoms with Crippen LogP contribution in [0.5, 0.6) is 0 Å². The third-order valence-electron chi connectivity index (χ3n) is 2.64. The first kappa shape index (κ1) is 16.4. The number of carbonyl (C=O) groups excluding carboxylic acids is 1. The van der Waals surface area contributed by atoms with E-state index in [1.54, 1.807) is 0 Å². The van der Waals surface area contributed by atoms with E-state index in [-0.39, 0.29) is 16.6 Å². The third kappa shape index (κ3) is 3.94. The molecule has 0 saturated heterocycles. The second-order valence-electron chi connectivity index (χ2n) is 4.37. The van der Waals surface area contributed by atoms with Gasteiger partial charge in [0.1, 0.15) is 4.90 Å². The Hall–Kier alpha value is -1.61. The largest absolute Gasteiger partial charge is 0.381 e. The van der Waals surface area contributed by atoms with Crippen molar-refractivity contribution in [2.45, 2.75) is 44.7 Å². The van der Waals surface area contributed by atoms with Gasteiger partial charge < -0.3 is 11.1 Å². The Kier molecular flexibility index (Phi) is 5.52. The topological polar surface area (TPSA) is 119 Å². The Balaban J connectivity index is 2.83. The van der Waals surface area contributed by atoms with Crippen LogP contribution in [-0.2, 0) is 21.4 Å². The van der Waals surface area contributed by atoms with E-state index in [0.29, 0.717) is 13.1 Å². The Labute approximate surface area is 118 Å². The van der Waals surface area contributed by atoms with Crippen LogP contribution in [0.4, 0.5) is 5.82 Å². The van der Waals surface area contributed by atoms with Gasteiger partial charge in [0.2, 0.25) is 15.9 Å². The lowest BCUT2D eigenvalue weighted by Crippen LogP contribution is -2.44. The molecule has 0 aliphatic heterocycles. The highest BCUT2D eigenvalue weighted by molar-refractivity contribution is 7.89. The summed E-state index contributed by atoms with van der Waals surface area (Å²) in [7, 11) is -3.87. The fourth-order valence-corrected chi connectivity index (χ4v) is 2.81. The zero-order valence-electron chi connectivity index (χ0n) is 11.9. The summed E-state index contributed by atoms with van der Waals surface area (Å²) in [5, 5.41) is 6.49. The highest BCUT2D eigenvalue weighted by Crippen LogP contribution is 2.16. The van der Waals surface area contributed by atoms with Gasteiger partial charge in [-0.15, -0.1) is 0 Å². The lowest BCUT2D eigenvalue weighted by molar-refractivity contribution is -0.122.